The summed E-state index contributed by atoms with van der Waals surface area (Å²) in [6.07, 6.45) is 1.68. The Kier molecular flexibility index (Phi) is 9.88. The number of carbonyl (C=O) groups excluding carboxylic acids is 1. The number of hydrogen-bond donors (Lipinski definition) is 1. The largest absolute Gasteiger partial charge is 0.497 e. The molecule has 0 unspecified atom stereocenters. The van der Waals surface area contributed by atoms with Crippen molar-refractivity contribution in [3.05, 3.63) is 82.4 Å². The fraction of sp³-hybridized carbons (Fsp3) is 0.321. The zero-order chi connectivity index (χ0) is 31.2. The molecule has 3 aromatic rings. The second-order valence-electron chi connectivity index (χ2n) is 9.70. The molecule has 1 N–H and O–H groups in total. The first-order valence-corrected chi connectivity index (χ1v) is 16.2. The Bertz CT molecular complexity index is 1670. The van der Waals surface area contributed by atoms with Gasteiger partial charge in [0.1, 0.15) is 24.7 Å². The van der Waals surface area contributed by atoms with Gasteiger partial charge in [-0.1, -0.05) is 6.07 Å². The number of carbonyl (C=O) groups is 1. The SMILES string of the molecule is COc1ccc(N(CC(=O)NCCOc2ccc(S(=O)(=O)N3CCCC3)cc2)S(=O)(=O)c2ccc(C)c([N+](=O)[O-])c2)cc1. The first kappa shape index (κ1) is 31.7. The highest BCUT2D eigenvalue weighted by Crippen LogP contribution is 2.29. The van der Waals surface area contributed by atoms with Crippen molar-refractivity contribution in [2.45, 2.75) is 29.6 Å². The fourth-order valence-electron chi connectivity index (χ4n) is 4.47. The summed E-state index contributed by atoms with van der Waals surface area (Å²) in [6, 6.07) is 15.5. The summed E-state index contributed by atoms with van der Waals surface area (Å²) in [5.74, 6) is 0.227. The van der Waals surface area contributed by atoms with Gasteiger partial charge in [0.2, 0.25) is 15.9 Å². The highest BCUT2D eigenvalue weighted by atomic mass is 32.2. The number of aryl methyl sites for hydroxylation is 1. The van der Waals surface area contributed by atoms with E-state index in [9.17, 15) is 31.7 Å². The molecule has 0 spiro atoms. The van der Waals surface area contributed by atoms with Crippen molar-refractivity contribution in [3.8, 4) is 11.5 Å². The van der Waals surface area contributed by atoms with Crippen LogP contribution in [0.5, 0.6) is 11.5 Å². The monoisotopic (exact) mass is 632 g/mol. The molecule has 3 aromatic carbocycles. The van der Waals surface area contributed by atoms with Crippen LogP contribution in [0.25, 0.3) is 0 Å². The van der Waals surface area contributed by atoms with Crippen molar-refractivity contribution in [1.82, 2.24) is 9.62 Å². The Hall–Kier alpha value is -4.21. The van der Waals surface area contributed by atoms with Crippen molar-refractivity contribution < 1.29 is 36.0 Å². The minimum absolute atomic E-state index is 0.0269. The smallest absolute Gasteiger partial charge is 0.273 e. The zero-order valence-corrected chi connectivity index (χ0v) is 25.3. The van der Waals surface area contributed by atoms with Crippen LogP contribution in [0.15, 0.2) is 76.5 Å². The van der Waals surface area contributed by atoms with E-state index in [1.807, 2.05) is 0 Å². The average Bonchev–Trinajstić information content (AvgIpc) is 3.55. The highest BCUT2D eigenvalue weighted by molar-refractivity contribution is 7.92. The van der Waals surface area contributed by atoms with Gasteiger partial charge in [-0.25, -0.2) is 16.8 Å². The van der Waals surface area contributed by atoms with Gasteiger partial charge in [-0.3, -0.25) is 19.2 Å². The number of nitrogens with zero attached hydrogens (tertiary/aromatic N) is 3. The summed E-state index contributed by atoms with van der Waals surface area (Å²) < 4.78 is 65.7. The van der Waals surface area contributed by atoms with E-state index < -0.39 is 37.4 Å². The number of nitrogens with one attached hydrogen (secondary N) is 1. The molecular weight excluding hydrogens is 600 g/mol. The van der Waals surface area contributed by atoms with Crippen molar-refractivity contribution >= 4 is 37.3 Å². The molecule has 0 radical (unpaired) electrons. The summed E-state index contributed by atoms with van der Waals surface area (Å²) in [5, 5.41) is 14.0. The molecule has 1 aliphatic rings. The van der Waals surface area contributed by atoms with E-state index in [-0.39, 0.29) is 34.3 Å². The van der Waals surface area contributed by atoms with Gasteiger partial charge in [0, 0.05) is 24.7 Å². The summed E-state index contributed by atoms with van der Waals surface area (Å²) in [4.78, 5) is 23.5. The Morgan fingerprint density at radius 1 is 0.953 bits per heavy atom. The number of hydrogen-bond acceptors (Lipinski definition) is 9. The summed E-state index contributed by atoms with van der Waals surface area (Å²) in [5.41, 5.74) is 0.0824. The zero-order valence-electron chi connectivity index (χ0n) is 23.6. The lowest BCUT2D eigenvalue weighted by molar-refractivity contribution is -0.385. The van der Waals surface area contributed by atoms with Crippen LogP contribution in [0.4, 0.5) is 11.4 Å². The van der Waals surface area contributed by atoms with Gasteiger partial charge in [-0.2, -0.15) is 4.31 Å². The van der Waals surface area contributed by atoms with E-state index in [0.717, 1.165) is 23.2 Å². The Morgan fingerprint density at radius 3 is 2.16 bits per heavy atom. The van der Waals surface area contributed by atoms with E-state index in [2.05, 4.69) is 5.32 Å². The molecule has 1 fully saturated rings. The molecule has 0 bridgehead atoms. The van der Waals surface area contributed by atoms with E-state index in [0.29, 0.717) is 30.2 Å². The Balaban J connectivity index is 1.42. The first-order valence-electron chi connectivity index (χ1n) is 13.3. The van der Waals surface area contributed by atoms with Gasteiger partial charge in [0.15, 0.2) is 0 Å². The molecule has 13 nitrogen and oxygen atoms in total. The molecule has 1 aliphatic heterocycles. The fourth-order valence-corrected chi connectivity index (χ4v) is 7.43. The third-order valence-electron chi connectivity index (χ3n) is 6.83. The Labute approximate surface area is 250 Å². The minimum atomic E-state index is -4.39. The topological polar surface area (TPSA) is 165 Å². The van der Waals surface area contributed by atoms with Gasteiger partial charge < -0.3 is 14.8 Å². The van der Waals surface area contributed by atoms with Gasteiger partial charge in [0.25, 0.3) is 15.7 Å². The van der Waals surface area contributed by atoms with Gasteiger partial charge in [0.05, 0.1) is 34.1 Å². The molecule has 0 aromatic heterocycles. The van der Waals surface area contributed by atoms with Crippen LogP contribution in [0.2, 0.25) is 0 Å². The maximum absolute atomic E-state index is 13.6. The number of rotatable bonds is 13. The number of ether oxygens (including phenoxy) is 2. The number of nitro groups is 1. The number of methoxy groups -OCH3 is 1. The number of anilines is 1. The summed E-state index contributed by atoms with van der Waals surface area (Å²) >= 11 is 0. The molecule has 0 aliphatic carbocycles. The third kappa shape index (κ3) is 7.42. The van der Waals surface area contributed by atoms with Crippen LogP contribution in [0, 0.1) is 17.0 Å². The van der Waals surface area contributed by atoms with Crippen LogP contribution in [-0.2, 0) is 24.8 Å². The lowest BCUT2D eigenvalue weighted by atomic mass is 10.2. The van der Waals surface area contributed by atoms with E-state index in [1.165, 1.54) is 79.0 Å². The van der Waals surface area contributed by atoms with Crippen molar-refractivity contribution in [1.29, 1.82) is 0 Å². The second-order valence-corrected chi connectivity index (χ2v) is 13.5. The predicted octanol–water partition coefficient (Wildman–Crippen LogP) is 3.09. The number of amides is 1. The van der Waals surface area contributed by atoms with Crippen LogP contribution in [0.1, 0.15) is 18.4 Å². The molecule has 0 saturated carbocycles. The van der Waals surface area contributed by atoms with Gasteiger partial charge in [-0.05, 0) is 74.4 Å². The quantitative estimate of drug-likeness (QED) is 0.169. The molecule has 1 saturated heterocycles. The maximum atomic E-state index is 13.6. The van der Waals surface area contributed by atoms with Crippen LogP contribution in [0.3, 0.4) is 0 Å². The van der Waals surface area contributed by atoms with Crippen molar-refractivity contribution in [2.75, 3.05) is 44.2 Å². The summed E-state index contributed by atoms with van der Waals surface area (Å²) in [6.45, 7) is 1.95. The normalized spacial score (nSPS) is 13.8. The predicted molar refractivity (Wildman–Crippen MR) is 158 cm³/mol. The van der Waals surface area contributed by atoms with Crippen molar-refractivity contribution in [3.63, 3.8) is 0 Å². The molecule has 0 atom stereocenters. The lowest BCUT2D eigenvalue weighted by Crippen LogP contribution is -2.42. The molecule has 1 heterocycles. The van der Waals surface area contributed by atoms with Gasteiger partial charge in [-0.15, -0.1) is 0 Å². The minimum Gasteiger partial charge on any atom is -0.497 e. The van der Waals surface area contributed by atoms with Crippen LogP contribution >= 0.6 is 0 Å². The third-order valence-corrected chi connectivity index (χ3v) is 10.5. The number of nitro benzene ring substituents is 1. The van der Waals surface area contributed by atoms with E-state index >= 15 is 0 Å². The standard InChI is InChI=1S/C28H32N4O9S2/c1-21-5-12-26(19-27(21)32(34)35)43(38,39)31(22-6-8-23(40-2)9-7-22)20-28(33)29-15-18-41-24-10-13-25(14-11-24)42(36,37)30-16-3-4-17-30/h5-14,19H,3-4,15-18,20H2,1-2H3,(H,29,33). The Morgan fingerprint density at radius 2 is 1.56 bits per heavy atom. The molecule has 43 heavy (non-hydrogen) atoms. The van der Waals surface area contributed by atoms with Crippen LogP contribution in [-0.4, -0.2) is 71.9 Å². The van der Waals surface area contributed by atoms with Gasteiger partial charge >= 0.3 is 0 Å². The van der Waals surface area contributed by atoms with Crippen LogP contribution < -0.4 is 19.1 Å². The number of sulfonamides is 2. The summed E-state index contributed by atoms with van der Waals surface area (Å²) in [7, 11) is -6.49. The lowest BCUT2D eigenvalue weighted by Gasteiger charge is -2.24. The van der Waals surface area contributed by atoms with E-state index in [4.69, 9.17) is 9.47 Å². The number of benzene rings is 3. The second kappa shape index (κ2) is 13.4. The highest BCUT2D eigenvalue weighted by Gasteiger charge is 2.30. The van der Waals surface area contributed by atoms with Crippen molar-refractivity contribution in [2.24, 2.45) is 0 Å². The molecule has 15 heteroatoms. The first-order chi connectivity index (χ1) is 20.4. The molecular formula is C28H32N4O9S2. The molecule has 4 rings (SSSR count). The average molecular weight is 633 g/mol. The van der Waals surface area contributed by atoms with E-state index in [1.54, 1.807) is 0 Å². The molecule has 230 valence electrons. The maximum Gasteiger partial charge on any atom is 0.273 e. The molecule has 1 amide bonds.